The van der Waals surface area contributed by atoms with Crippen LogP contribution in [0.3, 0.4) is 0 Å². The number of nitro groups is 1. The minimum Gasteiger partial charge on any atom is -0.493 e. The summed E-state index contributed by atoms with van der Waals surface area (Å²) >= 11 is 0. The third kappa shape index (κ3) is 4.70. The van der Waals surface area contributed by atoms with E-state index in [1.807, 2.05) is 6.92 Å². The zero-order valence-electron chi connectivity index (χ0n) is 12.3. The Balaban J connectivity index is 2.98. The van der Waals surface area contributed by atoms with Crippen LogP contribution < -0.4 is 15.8 Å². The molecule has 0 radical (unpaired) electrons. The molecule has 1 aromatic rings. The van der Waals surface area contributed by atoms with Gasteiger partial charge in [-0.05, 0) is 12.3 Å². The molecule has 0 spiro atoms. The number of hydrogen-bond acceptors (Lipinski definition) is 5. The van der Waals surface area contributed by atoms with E-state index in [9.17, 15) is 10.1 Å². The highest BCUT2D eigenvalue weighted by Gasteiger charge is 2.15. The number of hydrogen-bond donors (Lipinski definition) is 2. The molecule has 3 N–H and O–H groups in total. The van der Waals surface area contributed by atoms with Crippen molar-refractivity contribution in [3.63, 3.8) is 0 Å². The maximum Gasteiger partial charge on any atom is 0.275 e. The van der Waals surface area contributed by atoms with Crippen LogP contribution >= 0.6 is 0 Å². The van der Waals surface area contributed by atoms with E-state index in [2.05, 4.69) is 19.2 Å². The second-order valence-corrected chi connectivity index (χ2v) is 5.05. The third-order valence-electron chi connectivity index (χ3n) is 2.99. The van der Waals surface area contributed by atoms with Crippen LogP contribution in [-0.2, 0) is 0 Å². The van der Waals surface area contributed by atoms with E-state index < -0.39 is 4.92 Å². The molecule has 0 saturated carbocycles. The van der Waals surface area contributed by atoms with Crippen molar-refractivity contribution in [2.45, 2.75) is 33.2 Å². The molecule has 0 amide bonds. The Hall–Kier alpha value is -1.82. The van der Waals surface area contributed by atoms with E-state index in [-0.39, 0.29) is 11.7 Å². The molecule has 0 aromatic heterocycles. The van der Waals surface area contributed by atoms with Crippen LogP contribution in [0.5, 0.6) is 5.75 Å². The quantitative estimate of drug-likeness (QED) is 0.565. The average Bonchev–Trinajstić information content (AvgIpc) is 2.41. The second kappa shape index (κ2) is 7.69. The molecule has 0 heterocycles. The molecule has 20 heavy (non-hydrogen) atoms. The van der Waals surface area contributed by atoms with Crippen molar-refractivity contribution in [3.8, 4) is 5.75 Å². The summed E-state index contributed by atoms with van der Waals surface area (Å²) in [5, 5.41) is 14.2. The molecule has 0 saturated heterocycles. The number of non-ortho nitro benzene ring substituents is 1. The van der Waals surface area contributed by atoms with Gasteiger partial charge in [-0.25, -0.2) is 0 Å². The lowest BCUT2D eigenvalue weighted by Gasteiger charge is -2.22. The van der Waals surface area contributed by atoms with Crippen molar-refractivity contribution < 1.29 is 9.66 Å². The minimum atomic E-state index is -0.420. The largest absolute Gasteiger partial charge is 0.493 e. The van der Waals surface area contributed by atoms with Crippen LogP contribution in [0.15, 0.2) is 18.2 Å². The van der Waals surface area contributed by atoms with E-state index in [0.29, 0.717) is 30.5 Å². The first kappa shape index (κ1) is 16.2. The van der Waals surface area contributed by atoms with Gasteiger partial charge >= 0.3 is 0 Å². The number of nitrogens with one attached hydrogen (secondary N) is 1. The Labute approximate surface area is 119 Å². The van der Waals surface area contributed by atoms with Gasteiger partial charge in [-0.15, -0.1) is 0 Å². The van der Waals surface area contributed by atoms with Gasteiger partial charge in [0.05, 0.1) is 17.6 Å². The highest BCUT2D eigenvalue weighted by Crippen LogP contribution is 2.27. The molecule has 0 bridgehead atoms. The summed E-state index contributed by atoms with van der Waals surface area (Å²) in [7, 11) is 0. The van der Waals surface area contributed by atoms with Crippen molar-refractivity contribution in [2.24, 2.45) is 11.7 Å². The van der Waals surface area contributed by atoms with E-state index >= 15 is 0 Å². The molecule has 1 unspecified atom stereocenters. The van der Waals surface area contributed by atoms with Crippen LogP contribution in [0.25, 0.3) is 0 Å². The molecule has 6 heteroatoms. The number of rotatable bonds is 8. The van der Waals surface area contributed by atoms with Gasteiger partial charge < -0.3 is 15.8 Å². The fourth-order valence-corrected chi connectivity index (χ4v) is 1.79. The predicted octanol–water partition coefficient (Wildman–Crippen LogP) is 2.78. The molecule has 1 rings (SSSR count). The summed E-state index contributed by atoms with van der Waals surface area (Å²) in [5.41, 5.74) is 6.39. The molecule has 0 aliphatic rings. The van der Waals surface area contributed by atoms with Gasteiger partial charge in [0, 0.05) is 30.4 Å². The first-order chi connectivity index (χ1) is 9.47. The fraction of sp³-hybridized carbons (Fsp3) is 0.571. The molecule has 1 atom stereocenters. The third-order valence-corrected chi connectivity index (χ3v) is 2.99. The summed E-state index contributed by atoms with van der Waals surface area (Å²) in [4.78, 5) is 10.5. The van der Waals surface area contributed by atoms with Crippen molar-refractivity contribution in [1.82, 2.24) is 0 Å². The van der Waals surface area contributed by atoms with Gasteiger partial charge in [-0.3, -0.25) is 10.1 Å². The predicted molar refractivity (Wildman–Crippen MR) is 80.2 cm³/mol. The summed E-state index contributed by atoms with van der Waals surface area (Å²) < 4.78 is 5.49. The number of benzene rings is 1. The van der Waals surface area contributed by atoms with Crippen molar-refractivity contribution in [3.05, 3.63) is 28.3 Å². The second-order valence-electron chi connectivity index (χ2n) is 5.05. The SMILES string of the molecule is CCCOc1cc(NC(CN)C(C)C)cc([N+](=O)[O-])c1. The van der Waals surface area contributed by atoms with Crippen LogP contribution in [-0.4, -0.2) is 24.1 Å². The Morgan fingerprint density at radius 2 is 2.10 bits per heavy atom. The normalized spacial score (nSPS) is 12.2. The summed E-state index contributed by atoms with van der Waals surface area (Å²) in [6.45, 7) is 7.09. The average molecular weight is 281 g/mol. The number of nitrogens with zero attached hydrogens (tertiary/aromatic N) is 1. The Bertz CT molecular complexity index is 449. The lowest BCUT2D eigenvalue weighted by Crippen LogP contribution is -2.33. The van der Waals surface area contributed by atoms with E-state index in [4.69, 9.17) is 10.5 Å². The van der Waals surface area contributed by atoms with Crippen LogP contribution in [0, 0.1) is 16.0 Å². The number of ether oxygens (including phenoxy) is 1. The maximum atomic E-state index is 11.0. The lowest BCUT2D eigenvalue weighted by atomic mass is 10.0. The van der Waals surface area contributed by atoms with E-state index in [0.717, 1.165) is 6.42 Å². The van der Waals surface area contributed by atoms with Crippen LogP contribution in [0.4, 0.5) is 11.4 Å². The molecule has 1 aromatic carbocycles. The highest BCUT2D eigenvalue weighted by atomic mass is 16.6. The fourth-order valence-electron chi connectivity index (χ4n) is 1.79. The Morgan fingerprint density at radius 3 is 2.60 bits per heavy atom. The first-order valence-corrected chi connectivity index (χ1v) is 6.86. The molecule has 0 fully saturated rings. The van der Waals surface area contributed by atoms with E-state index in [1.54, 1.807) is 6.07 Å². The molecule has 6 nitrogen and oxygen atoms in total. The monoisotopic (exact) mass is 281 g/mol. The first-order valence-electron chi connectivity index (χ1n) is 6.86. The van der Waals surface area contributed by atoms with Gasteiger partial charge in [-0.1, -0.05) is 20.8 Å². The Morgan fingerprint density at radius 1 is 1.40 bits per heavy atom. The summed E-state index contributed by atoms with van der Waals surface area (Å²) in [6.07, 6.45) is 0.850. The number of anilines is 1. The van der Waals surface area contributed by atoms with E-state index in [1.165, 1.54) is 12.1 Å². The smallest absolute Gasteiger partial charge is 0.275 e. The molecular formula is C14H23N3O3. The molecular weight excluding hydrogens is 258 g/mol. The minimum absolute atomic E-state index is 0.0145. The highest BCUT2D eigenvalue weighted by molar-refractivity contribution is 5.57. The van der Waals surface area contributed by atoms with Gasteiger partial charge in [0.15, 0.2) is 0 Å². The summed E-state index contributed by atoms with van der Waals surface area (Å²) in [5.74, 6) is 0.836. The zero-order chi connectivity index (χ0) is 15.1. The lowest BCUT2D eigenvalue weighted by molar-refractivity contribution is -0.384. The van der Waals surface area contributed by atoms with Crippen LogP contribution in [0.2, 0.25) is 0 Å². The standard InChI is InChI=1S/C14H23N3O3/c1-4-5-20-13-7-11(6-12(8-13)17(18)19)16-14(9-15)10(2)3/h6-8,10,14,16H,4-5,9,15H2,1-3H3. The van der Waals surface area contributed by atoms with Gasteiger partial charge in [0.2, 0.25) is 0 Å². The van der Waals surface area contributed by atoms with Gasteiger partial charge in [0.1, 0.15) is 5.75 Å². The van der Waals surface area contributed by atoms with Crippen molar-refractivity contribution in [2.75, 3.05) is 18.5 Å². The molecule has 0 aliphatic carbocycles. The van der Waals surface area contributed by atoms with Gasteiger partial charge in [0.25, 0.3) is 5.69 Å². The van der Waals surface area contributed by atoms with Crippen molar-refractivity contribution >= 4 is 11.4 Å². The maximum absolute atomic E-state index is 11.0. The Kier molecular flexibility index (Phi) is 6.24. The van der Waals surface area contributed by atoms with Crippen LogP contribution in [0.1, 0.15) is 27.2 Å². The topological polar surface area (TPSA) is 90.4 Å². The summed E-state index contributed by atoms with van der Waals surface area (Å²) in [6, 6.07) is 4.78. The number of nitro benzene ring substituents is 1. The van der Waals surface area contributed by atoms with Crippen molar-refractivity contribution in [1.29, 1.82) is 0 Å². The zero-order valence-corrected chi connectivity index (χ0v) is 12.3. The molecule has 112 valence electrons. The number of nitrogens with two attached hydrogens (primary N) is 1. The molecule has 0 aliphatic heterocycles. The van der Waals surface area contributed by atoms with Gasteiger partial charge in [-0.2, -0.15) is 0 Å².